The third-order valence-electron chi connectivity index (χ3n) is 5.47. The smallest absolute Gasteiger partial charge is 0.257 e. The molecule has 4 rings (SSSR count). The molecule has 0 aromatic heterocycles. The lowest BCUT2D eigenvalue weighted by molar-refractivity contribution is -0.119. The Balaban J connectivity index is 1.39. The predicted octanol–water partition coefficient (Wildman–Crippen LogP) is 2.06. The first-order valence-electron chi connectivity index (χ1n) is 10.3. The van der Waals surface area contributed by atoms with Gasteiger partial charge in [-0.1, -0.05) is 12.1 Å². The van der Waals surface area contributed by atoms with Crippen LogP contribution < -0.4 is 19.9 Å². The lowest BCUT2D eigenvalue weighted by Gasteiger charge is -2.32. The summed E-state index contributed by atoms with van der Waals surface area (Å²) in [7, 11) is 0. The summed E-state index contributed by atoms with van der Waals surface area (Å²) < 4.78 is 16.5. The number of hydrogen-bond acceptors (Lipinski definition) is 6. The zero-order chi connectivity index (χ0) is 21.8. The number of Topliss-reactive ketones (excluding diaryl/α,β-unsaturated/α-hetero) is 1. The monoisotopic (exact) mass is 424 g/mol. The first kappa shape index (κ1) is 20.7. The minimum atomic E-state index is -0.610. The van der Waals surface area contributed by atoms with Crippen LogP contribution in [0.25, 0.3) is 0 Å². The number of carbonyl (C=O) groups excluding carboxylic acids is 3. The van der Waals surface area contributed by atoms with Crippen molar-refractivity contribution in [2.75, 3.05) is 32.9 Å². The maximum Gasteiger partial charge on any atom is 0.257 e. The molecule has 0 radical (unpaired) electrons. The Morgan fingerprint density at radius 3 is 2.45 bits per heavy atom. The number of carbonyl (C=O) groups is 3. The van der Waals surface area contributed by atoms with Crippen molar-refractivity contribution in [3.8, 4) is 17.2 Å². The normalized spacial score (nSPS) is 15.9. The number of rotatable bonds is 6. The van der Waals surface area contributed by atoms with E-state index in [1.165, 1.54) is 0 Å². The van der Waals surface area contributed by atoms with Gasteiger partial charge in [-0.2, -0.15) is 0 Å². The number of amides is 2. The van der Waals surface area contributed by atoms with Crippen molar-refractivity contribution < 1.29 is 28.6 Å². The number of ether oxygens (including phenoxy) is 3. The van der Waals surface area contributed by atoms with Crippen LogP contribution in [0.3, 0.4) is 0 Å². The molecule has 2 amide bonds. The van der Waals surface area contributed by atoms with Gasteiger partial charge in [0.25, 0.3) is 11.8 Å². The van der Waals surface area contributed by atoms with Crippen molar-refractivity contribution in [3.05, 3.63) is 53.6 Å². The lowest BCUT2D eigenvalue weighted by Crippen LogP contribution is -2.40. The van der Waals surface area contributed by atoms with E-state index >= 15 is 0 Å². The van der Waals surface area contributed by atoms with Gasteiger partial charge < -0.3 is 24.8 Å². The van der Waals surface area contributed by atoms with Gasteiger partial charge in [-0.3, -0.25) is 14.4 Å². The zero-order valence-electron chi connectivity index (χ0n) is 17.0. The topological polar surface area (TPSA) is 108 Å². The number of likely N-dealkylation sites (tertiary alicyclic amines) is 1. The Morgan fingerprint density at radius 2 is 1.71 bits per heavy atom. The fraction of sp³-hybridized carbons (Fsp3) is 0.348. The van der Waals surface area contributed by atoms with Crippen molar-refractivity contribution in [1.29, 1.82) is 0 Å². The van der Waals surface area contributed by atoms with Gasteiger partial charge in [-0.05, 0) is 43.2 Å². The van der Waals surface area contributed by atoms with E-state index in [4.69, 9.17) is 19.9 Å². The average molecular weight is 424 g/mol. The van der Waals surface area contributed by atoms with Crippen LogP contribution >= 0.6 is 0 Å². The van der Waals surface area contributed by atoms with Gasteiger partial charge >= 0.3 is 0 Å². The van der Waals surface area contributed by atoms with E-state index in [1.807, 2.05) is 0 Å². The summed E-state index contributed by atoms with van der Waals surface area (Å²) in [6.45, 7) is 1.60. The van der Waals surface area contributed by atoms with Crippen molar-refractivity contribution in [1.82, 2.24) is 4.90 Å². The summed E-state index contributed by atoms with van der Waals surface area (Å²) in [6.07, 6.45) is 1.15. The molecule has 2 heterocycles. The van der Waals surface area contributed by atoms with Crippen LogP contribution in [-0.4, -0.2) is 55.4 Å². The third kappa shape index (κ3) is 4.63. The molecule has 1 fully saturated rings. The number of fused-ring (bicyclic) bond motifs is 1. The number of nitrogens with zero attached hydrogens (tertiary/aromatic N) is 1. The molecular formula is C23H24N2O6. The van der Waals surface area contributed by atoms with Crippen molar-refractivity contribution >= 4 is 17.6 Å². The Kier molecular flexibility index (Phi) is 6.06. The van der Waals surface area contributed by atoms with Gasteiger partial charge in [0, 0.05) is 24.6 Å². The van der Waals surface area contributed by atoms with E-state index in [9.17, 15) is 14.4 Å². The highest BCUT2D eigenvalue weighted by Crippen LogP contribution is 2.33. The molecule has 0 aliphatic carbocycles. The van der Waals surface area contributed by atoms with Crippen LogP contribution in [0.15, 0.2) is 42.5 Å². The molecule has 1 saturated heterocycles. The molecule has 0 unspecified atom stereocenters. The van der Waals surface area contributed by atoms with Gasteiger partial charge in [-0.25, -0.2) is 0 Å². The van der Waals surface area contributed by atoms with Crippen LogP contribution in [-0.2, 0) is 4.79 Å². The Bertz CT molecular complexity index is 997. The van der Waals surface area contributed by atoms with Gasteiger partial charge in [0.2, 0.25) is 0 Å². The molecule has 8 nitrogen and oxygen atoms in total. The average Bonchev–Trinajstić information content (AvgIpc) is 2.81. The second-order valence-corrected chi connectivity index (χ2v) is 7.54. The fourth-order valence-corrected chi connectivity index (χ4v) is 3.87. The van der Waals surface area contributed by atoms with Crippen molar-refractivity contribution in [2.45, 2.75) is 12.8 Å². The molecule has 31 heavy (non-hydrogen) atoms. The van der Waals surface area contributed by atoms with Gasteiger partial charge in [0.1, 0.15) is 19.0 Å². The van der Waals surface area contributed by atoms with Crippen LogP contribution in [0.2, 0.25) is 0 Å². The number of primary amides is 1. The van der Waals surface area contributed by atoms with Gasteiger partial charge in [0.15, 0.2) is 23.9 Å². The molecule has 2 N–H and O–H groups in total. The third-order valence-corrected chi connectivity index (χ3v) is 5.47. The van der Waals surface area contributed by atoms with E-state index < -0.39 is 5.91 Å². The molecule has 2 aromatic rings. The van der Waals surface area contributed by atoms with Crippen LogP contribution in [0.1, 0.15) is 33.6 Å². The quantitative estimate of drug-likeness (QED) is 0.711. The Labute approximate surface area is 179 Å². The van der Waals surface area contributed by atoms with Crippen molar-refractivity contribution in [2.24, 2.45) is 11.7 Å². The highest BCUT2D eigenvalue weighted by molar-refractivity contribution is 5.99. The molecule has 0 bridgehead atoms. The second-order valence-electron chi connectivity index (χ2n) is 7.54. The van der Waals surface area contributed by atoms with Crippen LogP contribution in [0, 0.1) is 5.92 Å². The second kappa shape index (κ2) is 9.07. The number of hydrogen-bond donors (Lipinski definition) is 1. The Morgan fingerprint density at radius 1 is 1.00 bits per heavy atom. The zero-order valence-corrected chi connectivity index (χ0v) is 17.0. The number of benzene rings is 2. The van der Waals surface area contributed by atoms with Crippen molar-refractivity contribution in [3.63, 3.8) is 0 Å². The summed E-state index contributed by atoms with van der Waals surface area (Å²) in [5, 5.41) is 0. The van der Waals surface area contributed by atoms with E-state index in [2.05, 4.69) is 0 Å². The summed E-state index contributed by atoms with van der Waals surface area (Å²) in [4.78, 5) is 38.7. The van der Waals surface area contributed by atoms with E-state index in [0.717, 1.165) is 0 Å². The molecule has 2 aliphatic rings. The number of para-hydroxylation sites is 1. The summed E-state index contributed by atoms with van der Waals surface area (Å²) in [6, 6.07) is 12.0. The lowest BCUT2D eigenvalue weighted by atomic mass is 9.88. The first-order chi connectivity index (χ1) is 15.0. The Hall–Kier alpha value is -3.55. The van der Waals surface area contributed by atoms with Crippen LogP contribution in [0.4, 0.5) is 0 Å². The molecule has 0 spiro atoms. The maximum absolute atomic E-state index is 13.0. The fourth-order valence-electron chi connectivity index (χ4n) is 3.87. The molecule has 8 heteroatoms. The number of ketones is 1. The molecular weight excluding hydrogens is 400 g/mol. The minimum Gasteiger partial charge on any atom is -0.486 e. The molecule has 0 atom stereocenters. The van der Waals surface area contributed by atoms with Gasteiger partial charge in [0.05, 0.1) is 5.56 Å². The largest absolute Gasteiger partial charge is 0.486 e. The molecule has 2 aliphatic heterocycles. The summed E-state index contributed by atoms with van der Waals surface area (Å²) >= 11 is 0. The summed E-state index contributed by atoms with van der Waals surface area (Å²) in [5.41, 5.74) is 6.10. The van der Waals surface area contributed by atoms with E-state index in [1.54, 1.807) is 47.4 Å². The number of piperidine rings is 1. The molecule has 2 aromatic carbocycles. The summed E-state index contributed by atoms with van der Waals surface area (Å²) in [5.74, 6) is 0.659. The van der Waals surface area contributed by atoms with E-state index in [-0.39, 0.29) is 24.2 Å². The predicted molar refractivity (Wildman–Crippen MR) is 112 cm³/mol. The maximum atomic E-state index is 13.0. The number of nitrogens with two attached hydrogens (primary N) is 1. The van der Waals surface area contributed by atoms with E-state index in [0.29, 0.717) is 67.5 Å². The first-order valence-corrected chi connectivity index (χ1v) is 10.3. The highest BCUT2D eigenvalue weighted by atomic mass is 16.6. The SMILES string of the molecule is NC(=O)COc1ccccc1C(=O)N1CCC(C(=O)c2ccc3c(c2)OCCO3)CC1. The molecule has 162 valence electrons. The standard InChI is InChI=1S/C23H24N2O6/c24-21(26)14-31-18-4-2-1-3-17(18)23(28)25-9-7-15(8-10-25)22(27)16-5-6-19-20(13-16)30-12-11-29-19/h1-6,13,15H,7-12,14H2,(H2,24,26). The molecule has 0 saturated carbocycles. The highest BCUT2D eigenvalue weighted by Gasteiger charge is 2.30. The minimum absolute atomic E-state index is 0.0502. The van der Waals surface area contributed by atoms with Gasteiger partial charge in [-0.15, -0.1) is 0 Å². The van der Waals surface area contributed by atoms with Crippen LogP contribution in [0.5, 0.6) is 17.2 Å².